The summed E-state index contributed by atoms with van der Waals surface area (Å²) in [6.45, 7) is 0. The molecule has 40 heavy (non-hydrogen) atoms. The summed E-state index contributed by atoms with van der Waals surface area (Å²) in [4.78, 5) is 12.4. The van der Waals surface area contributed by atoms with E-state index >= 15 is 0 Å². The van der Waals surface area contributed by atoms with Crippen molar-refractivity contribution in [3.05, 3.63) is 72.3 Å². The van der Waals surface area contributed by atoms with Crippen LogP contribution in [0.3, 0.4) is 0 Å². The zero-order valence-electron chi connectivity index (χ0n) is 21.7. The number of halogens is 3. The minimum atomic E-state index is -4.84. The van der Waals surface area contributed by atoms with E-state index < -0.39 is 40.1 Å². The molecule has 4 unspecified atom stereocenters. The van der Waals surface area contributed by atoms with Crippen molar-refractivity contribution in [1.29, 1.82) is 0 Å². The number of rotatable bonds is 6. The summed E-state index contributed by atoms with van der Waals surface area (Å²) in [5, 5.41) is 13.4. The van der Waals surface area contributed by atoms with Gasteiger partial charge in [0, 0.05) is 34.9 Å². The first kappa shape index (κ1) is 27.9. The zero-order valence-corrected chi connectivity index (χ0v) is 22.5. The van der Waals surface area contributed by atoms with E-state index in [0.29, 0.717) is 24.8 Å². The van der Waals surface area contributed by atoms with Crippen LogP contribution in [0.5, 0.6) is 5.75 Å². The number of alkyl halides is 3. The summed E-state index contributed by atoms with van der Waals surface area (Å²) in [6, 6.07) is 16.7. The highest BCUT2D eigenvalue weighted by Gasteiger charge is 2.37. The Morgan fingerprint density at radius 3 is 2.42 bits per heavy atom. The van der Waals surface area contributed by atoms with Crippen LogP contribution >= 0.6 is 0 Å². The number of nitrogens with one attached hydrogen (secondary N) is 1. The number of fused-ring (bicyclic) bond motifs is 3. The molecule has 1 aliphatic carbocycles. The molecule has 1 heterocycles. The van der Waals surface area contributed by atoms with Crippen molar-refractivity contribution in [2.75, 3.05) is 14.2 Å². The van der Waals surface area contributed by atoms with Gasteiger partial charge < -0.3 is 19.1 Å². The Bertz CT molecular complexity index is 1680. The maximum absolute atomic E-state index is 13.8. The molecule has 4 aromatic rings. The maximum atomic E-state index is 13.8. The highest BCUT2D eigenvalue weighted by molar-refractivity contribution is 7.91. The lowest BCUT2D eigenvalue weighted by atomic mass is 9.88. The number of para-hydroxylation sites is 1. The molecule has 0 amide bonds. The summed E-state index contributed by atoms with van der Waals surface area (Å²) in [7, 11) is -0.595. The number of methoxy groups -OCH3 is 1. The minimum absolute atomic E-state index is 0.172. The van der Waals surface area contributed by atoms with Crippen LogP contribution in [-0.2, 0) is 14.7 Å². The number of benzene rings is 3. The molecular weight excluding hydrogens is 547 g/mol. The molecule has 1 saturated carbocycles. The topological polar surface area (TPSA) is 102 Å². The third-order valence-corrected chi connectivity index (χ3v) is 9.28. The Kier molecular flexibility index (Phi) is 7.51. The van der Waals surface area contributed by atoms with Crippen LogP contribution in [-0.4, -0.2) is 52.5 Å². The summed E-state index contributed by atoms with van der Waals surface area (Å²) in [6.07, 6.45) is -3.93. The fourth-order valence-corrected chi connectivity index (χ4v) is 7.05. The van der Waals surface area contributed by atoms with Crippen LogP contribution in [0.2, 0.25) is 0 Å². The van der Waals surface area contributed by atoms with E-state index in [4.69, 9.17) is 4.74 Å². The Hall–Kier alpha value is -3.61. The van der Waals surface area contributed by atoms with Crippen molar-refractivity contribution in [3.63, 3.8) is 0 Å². The molecule has 5 rings (SSSR count). The molecule has 212 valence electrons. The van der Waals surface area contributed by atoms with Crippen molar-refractivity contribution < 1.29 is 36.8 Å². The van der Waals surface area contributed by atoms with Crippen LogP contribution in [0.25, 0.3) is 21.8 Å². The average molecular weight is 576 g/mol. The van der Waals surface area contributed by atoms with E-state index in [1.807, 2.05) is 30.3 Å². The highest BCUT2D eigenvalue weighted by Crippen LogP contribution is 2.39. The number of aromatic nitrogens is 1. The Morgan fingerprint density at radius 1 is 1.05 bits per heavy atom. The first-order valence-corrected chi connectivity index (χ1v) is 14.1. The van der Waals surface area contributed by atoms with Crippen molar-refractivity contribution in [2.45, 2.75) is 48.7 Å². The molecule has 0 bridgehead atoms. The normalized spacial score (nSPS) is 21.2. The summed E-state index contributed by atoms with van der Waals surface area (Å²) >= 11 is 0. The molecule has 0 aliphatic heterocycles. The lowest BCUT2D eigenvalue weighted by molar-refractivity contribution is -0.274. The number of ether oxygens (including phenoxy) is 2. The molecule has 0 spiro atoms. The average Bonchev–Trinajstić information content (AvgIpc) is 3.26. The fraction of sp³-hybridized carbons (Fsp3) is 0.321. The quantitative estimate of drug-likeness (QED) is 0.292. The number of nitrogens with zero attached hydrogens (tertiary/aromatic N) is 2. The smallest absolute Gasteiger partial charge is 0.465 e. The molecular formula is C28H28F3N3O5S. The second kappa shape index (κ2) is 10.8. The van der Waals surface area contributed by atoms with Crippen LogP contribution in [0, 0.1) is 0 Å². The second-order valence-electron chi connectivity index (χ2n) is 9.55. The predicted molar refractivity (Wildman–Crippen MR) is 144 cm³/mol. The molecule has 2 N–H and O–H groups in total. The van der Waals surface area contributed by atoms with Gasteiger partial charge in [0.2, 0.25) is 0 Å². The van der Waals surface area contributed by atoms with Gasteiger partial charge in [-0.1, -0.05) is 18.2 Å². The SMILES string of the molecule is CN=S(=O)(NC1CCCC(n2c3ccccc3c3cc(C(=O)OC)ccc32)C1O)c1ccc(OC(F)(F)F)cc1. The van der Waals surface area contributed by atoms with Gasteiger partial charge in [-0.05, 0) is 67.8 Å². The van der Waals surface area contributed by atoms with Gasteiger partial charge in [0.25, 0.3) is 0 Å². The van der Waals surface area contributed by atoms with Gasteiger partial charge in [0.15, 0.2) is 0 Å². The first-order chi connectivity index (χ1) is 19.0. The third-order valence-electron chi connectivity index (χ3n) is 7.23. The van der Waals surface area contributed by atoms with Crippen molar-refractivity contribution in [1.82, 2.24) is 9.29 Å². The van der Waals surface area contributed by atoms with E-state index in [1.165, 1.54) is 26.3 Å². The number of hydrogen-bond acceptors (Lipinski definition) is 6. The molecule has 0 saturated heterocycles. The predicted octanol–water partition coefficient (Wildman–Crippen LogP) is 5.60. The molecule has 12 heteroatoms. The molecule has 8 nitrogen and oxygen atoms in total. The summed E-state index contributed by atoms with van der Waals surface area (Å²) in [5.74, 6) is -0.884. The maximum Gasteiger partial charge on any atom is 0.573 e. The number of aliphatic hydroxyl groups is 1. The van der Waals surface area contributed by atoms with Gasteiger partial charge in [0.1, 0.15) is 15.7 Å². The van der Waals surface area contributed by atoms with Crippen molar-refractivity contribution >= 4 is 37.7 Å². The second-order valence-corrected chi connectivity index (χ2v) is 11.7. The van der Waals surface area contributed by atoms with E-state index in [9.17, 15) is 27.3 Å². The largest absolute Gasteiger partial charge is 0.573 e. The monoisotopic (exact) mass is 575 g/mol. The lowest BCUT2D eigenvalue weighted by Gasteiger charge is -2.37. The number of aliphatic hydroxyl groups excluding tert-OH is 1. The lowest BCUT2D eigenvalue weighted by Crippen LogP contribution is -2.49. The standard InChI is InChI=1S/C28H28F3N3O5S/c1-32-40(37,19-13-11-18(12-14-19)39-28(29,30)31)33-22-7-5-9-25(26(22)35)34-23-8-4-3-6-20(23)21-16-17(27(36)38-2)10-15-24(21)34/h3-4,6,8,10-16,22,25-26,35H,5,7,9H2,1-2H3,(H,32,33,37). The van der Waals surface area contributed by atoms with Gasteiger partial charge in [-0.25, -0.2) is 18.1 Å². The number of hydrogen-bond donors (Lipinski definition) is 2. The molecule has 1 aromatic heterocycles. The number of esters is 1. The Labute approximate surface area is 229 Å². The van der Waals surface area contributed by atoms with Crippen LogP contribution in [0.4, 0.5) is 13.2 Å². The van der Waals surface area contributed by atoms with Crippen LogP contribution < -0.4 is 9.46 Å². The fourth-order valence-electron chi connectivity index (χ4n) is 5.43. The van der Waals surface area contributed by atoms with E-state index in [0.717, 1.165) is 33.9 Å². The van der Waals surface area contributed by atoms with Gasteiger partial charge in [-0.2, -0.15) is 0 Å². The van der Waals surface area contributed by atoms with Crippen molar-refractivity contribution in [2.24, 2.45) is 4.36 Å². The molecule has 4 atom stereocenters. The van der Waals surface area contributed by atoms with Crippen LogP contribution in [0.1, 0.15) is 35.7 Å². The Morgan fingerprint density at radius 2 is 1.75 bits per heavy atom. The highest BCUT2D eigenvalue weighted by atomic mass is 32.2. The molecule has 3 aromatic carbocycles. The van der Waals surface area contributed by atoms with Gasteiger partial charge in [-0.3, -0.25) is 0 Å². The van der Waals surface area contributed by atoms with E-state index in [1.54, 1.807) is 12.1 Å². The minimum Gasteiger partial charge on any atom is -0.465 e. The first-order valence-electron chi connectivity index (χ1n) is 12.6. The third kappa shape index (κ3) is 5.26. The van der Waals surface area contributed by atoms with Crippen molar-refractivity contribution in [3.8, 4) is 5.75 Å². The van der Waals surface area contributed by atoms with Crippen LogP contribution in [0.15, 0.2) is 76.0 Å². The van der Waals surface area contributed by atoms with Gasteiger partial charge in [-0.15, -0.1) is 13.2 Å². The van der Waals surface area contributed by atoms with Gasteiger partial charge >= 0.3 is 12.3 Å². The number of carbonyl (C=O) groups excluding carboxylic acids is 1. The zero-order chi connectivity index (χ0) is 28.7. The van der Waals surface area contributed by atoms with E-state index in [2.05, 4.69) is 18.4 Å². The Balaban J connectivity index is 1.48. The summed E-state index contributed by atoms with van der Waals surface area (Å²) in [5.41, 5.74) is 2.13. The van der Waals surface area contributed by atoms with Gasteiger partial charge in [0.05, 0.1) is 29.7 Å². The molecule has 1 aliphatic rings. The number of carbonyl (C=O) groups is 1. The summed E-state index contributed by atoms with van der Waals surface area (Å²) < 4.78 is 69.4. The molecule has 0 radical (unpaired) electrons. The molecule has 1 fully saturated rings. The van der Waals surface area contributed by atoms with E-state index in [-0.39, 0.29) is 10.9 Å².